The van der Waals surface area contributed by atoms with E-state index in [9.17, 15) is 4.79 Å². The summed E-state index contributed by atoms with van der Waals surface area (Å²) in [7, 11) is 1.64. The molecular formula is C22H33ClN2O3. The van der Waals surface area contributed by atoms with Gasteiger partial charge < -0.3 is 19.7 Å². The van der Waals surface area contributed by atoms with Crippen LogP contribution in [-0.4, -0.2) is 49.7 Å². The van der Waals surface area contributed by atoms with E-state index in [1.807, 2.05) is 23.1 Å². The third-order valence-electron chi connectivity index (χ3n) is 6.18. The van der Waals surface area contributed by atoms with Crippen molar-refractivity contribution >= 4 is 18.3 Å². The van der Waals surface area contributed by atoms with Crippen LogP contribution in [0.4, 0.5) is 0 Å². The third kappa shape index (κ3) is 5.32. The molecule has 2 aliphatic carbocycles. The van der Waals surface area contributed by atoms with Crippen molar-refractivity contribution < 1.29 is 14.3 Å². The fourth-order valence-corrected chi connectivity index (χ4v) is 4.21. The number of hydrogen-bond acceptors (Lipinski definition) is 4. The topological polar surface area (TPSA) is 50.8 Å². The minimum absolute atomic E-state index is 0. The maximum Gasteiger partial charge on any atom is 0.253 e. The van der Waals surface area contributed by atoms with Crippen molar-refractivity contribution in [1.82, 2.24) is 10.2 Å². The maximum absolute atomic E-state index is 12.9. The molecular weight excluding hydrogens is 376 g/mol. The highest BCUT2D eigenvalue weighted by molar-refractivity contribution is 5.95. The molecule has 0 aromatic heterocycles. The number of amides is 1. The number of carbonyl (C=O) groups excluding carboxylic acids is 1. The van der Waals surface area contributed by atoms with E-state index in [4.69, 9.17) is 9.47 Å². The normalized spacial score (nSPS) is 20.7. The van der Waals surface area contributed by atoms with Gasteiger partial charge in [-0.1, -0.05) is 0 Å². The van der Waals surface area contributed by atoms with Crippen LogP contribution in [0.2, 0.25) is 0 Å². The molecule has 5 nitrogen and oxygen atoms in total. The lowest BCUT2D eigenvalue weighted by molar-refractivity contribution is 0.0704. The first kappa shape index (κ1) is 21.3. The average molecular weight is 409 g/mol. The Kier molecular flexibility index (Phi) is 7.47. The summed E-state index contributed by atoms with van der Waals surface area (Å²) in [5.74, 6) is 2.42. The molecule has 0 spiro atoms. The number of carbonyl (C=O) groups is 1. The van der Waals surface area contributed by atoms with Crippen LogP contribution >= 0.6 is 12.4 Å². The van der Waals surface area contributed by atoms with Crippen LogP contribution < -0.4 is 14.8 Å². The molecule has 1 aromatic carbocycles. The number of ether oxygens (including phenoxy) is 2. The third-order valence-corrected chi connectivity index (χ3v) is 6.18. The fourth-order valence-electron chi connectivity index (χ4n) is 4.21. The molecule has 4 rings (SSSR count). The van der Waals surface area contributed by atoms with Crippen LogP contribution in [-0.2, 0) is 0 Å². The number of hydrogen-bond donors (Lipinski definition) is 1. The molecule has 3 aliphatic rings. The Labute approximate surface area is 174 Å². The van der Waals surface area contributed by atoms with E-state index in [1.165, 1.54) is 25.7 Å². The standard InChI is InChI=1S/C22H32N2O3.ClH/c1-26-21-14-17(8-9-20(21)27-19-4-2-3-5-19)22(25)24-12-10-18(11-13-24)23-15-16-6-7-16;/h8-9,14,16,18-19,23H,2-7,10-13,15H2,1H3;1H. The van der Waals surface area contributed by atoms with Gasteiger partial charge in [0.2, 0.25) is 0 Å². The maximum atomic E-state index is 12.9. The van der Waals surface area contributed by atoms with Gasteiger partial charge in [-0.25, -0.2) is 0 Å². The van der Waals surface area contributed by atoms with E-state index in [0.29, 0.717) is 17.4 Å². The zero-order valence-corrected chi connectivity index (χ0v) is 17.6. The number of nitrogens with zero attached hydrogens (tertiary/aromatic N) is 1. The first-order chi connectivity index (χ1) is 13.2. The number of halogens is 1. The Morgan fingerprint density at radius 3 is 2.43 bits per heavy atom. The number of rotatable bonds is 7. The van der Waals surface area contributed by atoms with Gasteiger partial charge in [-0.05, 0) is 82.0 Å². The zero-order valence-electron chi connectivity index (χ0n) is 16.8. The quantitative estimate of drug-likeness (QED) is 0.739. The summed E-state index contributed by atoms with van der Waals surface area (Å²) in [5.41, 5.74) is 0.690. The van der Waals surface area contributed by atoms with Crippen molar-refractivity contribution in [3.63, 3.8) is 0 Å². The van der Waals surface area contributed by atoms with Crippen molar-refractivity contribution in [2.24, 2.45) is 5.92 Å². The van der Waals surface area contributed by atoms with Gasteiger partial charge in [0.1, 0.15) is 0 Å². The van der Waals surface area contributed by atoms with E-state index in [1.54, 1.807) is 7.11 Å². The molecule has 1 aromatic rings. The lowest BCUT2D eigenvalue weighted by Crippen LogP contribution is -2.45. The first-order valence-corrected chi connectivity index (χ1v) is 10.6. The van der Waals surface area contributed by atoms with E-state index < -0.39 is 0 Å². The van der Waals surface area contributed by atoms with Gasteiger partial charge in [0.05, 0.1) is 13.2 Å². The van der Waals surface area contributed by atoms with Crippen LogP contribution in [0.5, 0.6) is 11.5 Å². The summed E-state index contributed by atoms with van der Waals surface area (Å²) in [4.78, 5) is 14.9. The number of benzene rings is 1. The molecule has 1 saturated heterocycles. The first-order valence-electron chi connectivity index (χ1n) is 10.6. The molecule has 1 amide bonds. The molecule has 6 heteroatoms. The Morgan fingerprint density at radius 2 is 1.79 bits per heavy atom. The molecule has 2 saturated carbocycles. The van der Waals surface area contributed by atoms with Gasteiger partial charge in [-0.2, -0.15) is 0 Å². The Morgan fingerprint density at radius 1 is 1.07 bits per heavy atom. The fraction of sp³-hybridized carbons (Fsp3) is 0.682. The number of nitrogens with one attached hydrogen (secondary N) is 1. The second-order valence-electron chi connectivity index (χ2n) is 8.31. The molecule has 28 heavy (non-hydrogen) atoms. The molecule has 0 atom stereocenters. The molecule has 1 aliphatic heterocycles. The van der Waals surface area contributed by atoms with Crippen LogP contribution in [0.1, 0.15) is 61.7 Å². The molecule has 1 heterocycles. The number of piperidine rings is 1. The van der Waals surface area contributed by atoms with Gasteiger partial charge in [-0.15, -0.1) is 12.4 Å². The van der Waals surface area contributed by atoms with E-state index in [0.717, 1.165) is 57.0 Å². The highest BCUT2D eigenvalue weighted by atomic mass is 35.5. The summed E-state index contributed by atoms with van der Waals surface area (Å²) in [5, 5.41) is 3.67. The van der Waals surface area contributed by atoms with Crippen molar-refractivity contribution in [3.05, 3.63) is 23.8 Å². The van der Waals surface area contributed by atoms with Crippen molar-refractivity contribution in [2.45, 2.75) is 63.5 Å². The highest BCUT2D eigenvalue weighted by Gasteiger charge is 2.27. The Bertz CT molecular complexity index is 651. The van der Waals surface area contributed by atoms with Crippen molar-refractivity contribution in [2.75, 3.05) is 26.7 Å². The molecule has 1 N–H and O–H groups in total. The van der Waals surface area contributed by atoms with Crippen LogP contribution in [0, 0.1) is 5.92 Å². The molecule has 3 fully saturated rings. The van der Waals surface area contributed by atoms with E-state index in [-0.39, 0.29) is 24.4 Å². The molecule has 0 unspecified atom stereocenters. The number of methoxy groups -OCH3 is 1. The molecule has 156 valence electrons. The van der Waals surface area contributed by atoms with Gasteiger partial charge in [0, 0.05) is 24.7 Å². The second-order valence-corrected chi connectivity index (χ2v) is 8.31. The van der Waals surface area contributed by atoms with Crippen LogP contribution in [0.15, 0.2) is 18.2 Å². The SMILES string of the molecule is COc1cc(C(=O)N2CCC(NCC3CC3)CC2)ccc1OC1CCCC1.Cl. The predicted molar refractivity (Wildman–Crippen MR) is 113 cm³/mol. The summed E-state index contributed by atoms with van der Waals surface area (Å²) >= 11 is 0. The van der Waals surface area contributed by atoms with Gasteiger partial charge in [0.25, 0.3) is 5.91 Å². The van der Waals surface area contributed by atoms with Gasteiger partial charge in [0.15, 0.2) is 11.5 Å². The molecule has 0 bridgehead atoms. The summed E-state index contributed by atoms with van der Waals surface area (Å²) < 4.78 is 11.6. The Hall–Kier alpha value is -1.46. The minimum Gasteiger partial charge on any atom is -0.493 e. The number of likely N-dealkylation sites (tertiary alicyclic amines) is 1. The van der Waals surface area contributed by atoms with Gasteiger partial charge in [-0.3, -0.25) is 4.79 Å². The summed E-state index contributed by atoms with van der Waals surface area (Å²) in [6, 6.07) is 6.18. The van der Waals surface area contributed by atoms with Crippen molar-refractivity contribution in [1.29, 1.82) is 0 Å². The lowest BCUT2D eigenvalue weighted by atomic mass is 10.0. The largest absolute Gasteiger partial charge is 0.493 e. The average Bonchev–Trinajstić information content (AvgIpc) is 3.41. The summed E-state index contributed by atoms with van der Waals surface area (Å²) in [6.07, 6.45) is 9.80. The van der Waals surface area contributed by atoms with Crippen molar-refractivity contribution in [3.8, 4) is 11.5 Å². The Balaban J connectivity index is 0.00000225. The predicted octanol–water partition coefficient (Wildman–Crippen LogP) is 4.04. The van der Waals surface area contributed by atoms with Crippen LogP contribution in [0.25, 0.3) is 0 Å². The summed E-state index contributed by atoms with van der Waals surface area (Å²) in [6.45, 7) is 2.80. The van der Waals surface area contributed by atoms with E-state index in [2.05, 4.69) is 5.32 Å². The highest BCUT2D eigenvalue weighted by Crippen LogP contribution is 2.33. The monoisotopic (exact) mass is 408 g/mol. The smallest absolute Gasteiger partial charge is 0.253 e. The van der Waals surface area contributed by atoms with E-state index >= 15 is 0 Å². The van der Waals surface area contributed by atoms with Crippen LogP contribution in [0.3, 0.4) is 0 Å². The minimum atomic E-state index is 0. The zero-order chi connectivity index (χ0) is 18.6. The van der Waals surface area contributed by atoms with Gasteiger partial charge >= 0.3 is 0 Å². The second kappa shape index (κ2) is 9.84. The lowest BCUT2D eigenvalue weighted by Gasteiger charge is -2.32. The molecule has 0 radical (unpaired) electrons.